The number of aromatic nitrogens is 2. The predicted octanol–water partition coefficient (Wildman–Crippen LogP) is 2.91. The fraction of sp³-hybridized carbons (Fsp3) is 0.333. The van der Waals surface area contributed by atoms with Gasteiger partial charge in [0.15, 0.2) is 17.5 Å². The van der Waals surface area contributed by atoms with Gasteiger partial charge < -0.3 is 10.4 Å². The summed E-state index contributed by atoms with van der Waals surface area (Å²) in [5, 5.41) is 12.3. The van der Waals surface area contributed by atoms with E-state index in [4.69, 9.17) is 0 Å². The Morgan fingerprint density at radius 2 is 1.77 bits per heavy atom. The van der Waals surface area contributed by atoms with Crippen LogP contribution in [0.4, 0.5) is 19.0 Å². The number of hydrogen-bond acceptors (Lipinski definition) is 4. The van der Waals surface area contributed by atoms with E-state index in [0.29, 0.717) is 18.1 Å². The van der Waals surface area contributed by atoms with Gasteiger partial charge in [-0.1, -0.05) is 6.92 Å². The molecular formula is C15H16F3N3O. The van der Waals surface area contributed by atoms with E-state index < -0.39 is 30.1 Å². The third-order valence-electron chi connectivity index (χ3n) is 3.17. The quantitative estimate of drug-likeness (QED) is 0.834. The van der Waals surface area contributed by atoms with Crippen LogP contribution in [0.25, 0.3) is 0 Å². The van der Waals surface area contributed by atoms with Crippen LogP contribution in [0.2, 0.25) is 0 Å². The zero-order valence-electron chi connectivity index (χ0n) is 12.2. The van der Waals surface area contributed by atoms with Gasteiger partial charge in [0.25, 0.3) is 0 Å². The highest BCUT2D eigenvalue weighted by Gasteiger charge is 2.17. The van der Waals surface area contributed by atoms with Gasteiger partial charge in [-0.2, -0.15) is 0 Å². The molecule has 0 radical (unpaired) electrons. The first-order valence-electron chi connectivity index (χ1n) is 6.81. The first-order valence-corrected chi connectivity index (χ1v) is 6.81. The van der Waals surface area contributed by atoms with Crippen molar-refractivity contribution in [1.29, 1.82) is 0 Å². The Morgan fingerprint density at radius 1 is 1.14 bits per heavy atom. The molecule has 0 aliphatic heterocycles. The third-order valence-corrected chi connectivity index (χ3v) is 3.17. The van der Waals surface area contributed by atoms with Crippen molar-refractivity contribution in [3.05, 3.63) is 52.7 Å². The monoisotopic (exact) mass is 311 g/mol. The molecule has 0 aliphatic carbocycles. The molecule has 0 saturated heterocycles. The number of aliphatic hydroxyl groups is 1. The zero-order chi connectivity index (χ0) is 16.3. The van der Waals surface area contributed by atoms with Crippen molar-refractivity contribution in [3.8, 4) is 0 Å². The number of rotatable bonds is 5. The minimum absolute atomic E-state index is 0.0909. The Kier molecular flexibility index (Phi) is 4.97. The number of aliphatic hydroxyl groups excluding tert-OH is 1. The van der Waals surface area contributed by atoms with Gasteiger partial charge in [-0.3, -0.25) is 0 Å². The minimum atomic E-state index is -1.54. The van der Waals surface area contributed by atoms with E-state index in [2.05, 4.69) is 15.3 Å². The SMILES string of the molecule is CCc1cc(NC(CO)c2cc(F)c(F)c(F)c2)nc(C)n1. The minimum Gasteiger partial charge on any atom is -0.394 e. The number of anilines is 1. The molecule has 2 aromatic rings. The van der Waals surface area contributed by atoms with E-state index in [1.807, 2.05) is 6.92 Å². The molecule has 0 fully saturated rings. The summed E-state index contributed by atoms with van der Waals surface area (Å²) in [4.78, 5) is 8.38. The smallest absolute Gasteiger partial charge is 0.194 e. The van der Waals surface area contributed by atoms with Gasteiger partial charge in [0.1, 0.15) is 11.6 Å². The largest absolute Gasteiger partial charge is 0.394 e. The second-order valence-electron chi connectivity index (χ2n) is 4.82. The molecule has 0 spiro atoms. The van der Waals surface area contributed by atoms with Gasteiger partial charge in [0, 0.05) is 11.8 Å². The lowest BCUT2D eigenvalue weighted by molar-refractivity contribution is 0.275. The van der Waals surface area contributed by atoms with Crippen molar-refractivity contribution in [3.63, 3.8) is 0 Å². The van der Waals surface area contributed by atoms with Crippen LogP contribution in [0.3, 0.4) is 0 Å². The third kappa shape index (κ3) is 3.54. The van der Waals surface area contributed by atoms with Crippen molar-refractivity contribution in [2.45, 2.75) is 26.3 Å². The van der Waals surface area contributed by atoms with Gasteiger partial charge in [-0.05, 0) is 31.0 Å². The molecule has 1 aromatic heterocycles. The van der Waals surface area contributed by atoms with Crippen molar-refractivity contribution < 1.29 is 18.3 Å². The normalized spacial score (nSPS) is 12.3. The summed E-state index contributed by atoms with van der Waals surface area (Å²) in [6.07, 6.45) is 0.696. The molecule has 2 rings (SSSR count). The molecule has 22 heavy (non-hydrogen) atoms. The molecule has 7 heteroatoms. The Morgan fingerprint density at radius 3 is 2.32 bits per heavy atom. The van der Waals surface area contributed by atoms with Crippen LogP contribution in [0.1, 0.15) is 30.0 Å². The van der Waals surface area contributed by atoms with Crippen LogP contribution >= 0.6 is 0 Å². The molecule has 2 N–H and O–H groups in total. The van der Waals surface area contributed by atoms with Crippen LogP contribution in [-0.4, -0.2) is 21.7 Å². The first-order chi connectivity index (χ1) is 10.4. The second-order valence-corrected chi connectivity index (χ2v) is 4.82. The Labute approximate surface area is 126 Å². The fourth-order valence-electron chi connectivity index (χ4n) is 2.07. The van der Waals surface area contributed by atoms with Gasteiger partial charge in [0.05, 0.1) is 12.6 Å². The molecule has 0 bridgehead atoms. The van der Waals surface area contributed by atoms with Crippen molar-refractivity contribution >= 4 is 5.82 Å². The molecule has 1 heterocycles. The summed E-state index contributed by atoms with van der Waals surface area (Å²) in [7, 11) is 0. The maximum atomic E-state index is 13.3. The average Bonchev–Trinajstić information content (AvgIpc) is 2.49. The zero-order valence-corrected chi connectivity index (χ0v) is 12.2. The highest BCUT2D eigenvalue weighted by Crippen LogP contribution is 2.22. The lowest BCUT2D eigenvalue weighted by Crippen LogP contribution is -2.17. The van der Waals surface area contributed by atoms with Gasteiger partial charge in [-0.15, -0.1) is 0 Å². The summed E-state index contributed by atoms with van der Waals surface area (Å²) in [5.41, 5.74) is 0.886. The molecule has 0 aliphatic rings. The molecule has 118 valence electrons. The highest BCUT2D eigenvalue weighted by molar-refractivity contribution is 5.40. The van der Waals surface area contributed by atoms with E-state index >= 15 is 0 Å². The van der Waals surface area contributed by atoms with E-state index in [-0.39, 0.29) is 5.56 Å². The molecule has 1 aromatic carbocycles. The topological polar surface area (TPSA) is 58.0 Å². The van der Waals surface area contributed by atoms with Gasteiger partial charge >= 0.3 is 0 Å². The van der Waals surface area contributed by atoms with E-state index in [0.717, 1.165) is 17.8 Å². The Hall–Kier alpha value is -2.15. The van der Waals surface area contributed by atoms with Crippen molar-refractivity contribution in [2.75, 3.05) is 11.9 Å². The number of hydrogen-bond donors (Lipinski definition) is 2. The lowest BCUT2D eigenvalue weighted by atomic mass is 10.1. The Bertz CT molecular complexity index is 656. The van der Waals surface area contributed by atoms with Crippen LogP contribution in [-0.2, 0) is 6.42 Å². The lowest BCUT2D eigenvalue weighted by Gasteiger charge is -2.18. The summed E-state index contributed by atoms with van der Waals surface area (Å²) in [5.74, 6) is -3.18. The fourth-order valence-corrected chi connectivity index (χ4v) is 2.07. The number of nitrogens with zero attached hydrogens (tertiary/aromatic N) is 2. The summed E-state index contributed by atoms with van der Waals surface area (Å²) in [6, 6.07) is 2.57. The standard InChI is InChI=1S/C15H16F3N3O/c1-3-10-6-14(20-8(2)19-10)21-13(7-22)9-4-11(16)15(18)12(17)5-9/h4-6,13,22H,3,7H2,1-2H3,(H,19,20,21). The Balaban J connectivity index is 2.31. The predicted molar refractivity (Wildman–Crippen MR) is 75.9 cm³/mol. The molecule has 4 nitrogen and oxygen atoms in total. The second kappa shape index (κ2) is 6.74. The highest BCUT2D eigenvalue weighted by atomic mass is 19.2. The number of aryl methyl sites for hydroxylation is 2. The molecule has 0 saturated carbocycles. The van der Waals surface area contributed by atoms with Crippen LogP contribution in [0, 0.1) is 24.4 Å². The summed E-state index contributed by atoms with van der Waals surface area (Å²) in [6.45, 7) is 3.21. The number of halogens is 3. The average molecular weight is 311 g/mol. The van der Waals surface area contributed by atoms with Crippen molar-refractivity contribution in [2.24, 2.45) is 0 Å². The van der Waals surface area contributed by atoms with Crippen LogP contribution in [0.15, 0.2) is 18.2 Å². The maximum absolute atomic E-state index is 13.3. The first kappa shape index (κ1) is 16.2. The molecule has 1 unspecified atom stereocenters. The van der Waals surface area contributed by atoms with Gasteiger partial charge in [-0.25, -0.2) is 23.1 Å². The van der Waals surface area contributed by atoms with Crippen LogP contribution in [0.5, 0.6) is 0 Å². The van der Waals surface area contributed by atoms with E-state index in [1.54, 1.807) is 13.0 Å². The number of nitrogens with one attached hydrogen (secondary N) is 1. The van der Waals surface area contributed by atoms with Gasteiger partial charge in [0.2, 0.25) is 0 Å². The summed E-state index contributed by atoms with van der Waals surface area (Å²) < 4.78 is 39.6. The van der Waals surface area contributed by atoms with Crippen LogP contribution < -0.4 is 5.32 Å². The molecule has 1 atom stereocenters. The van der Waals surface area contributed by atoms with E-state index in [9.17, 15) is 18.3 Å². The van der Waals surface area contributed by atoms with E-state index in [1.165, 1.54) is 0 Å². The molecular weight excluding hydrogens is 295 g/mol. The summed E-state index contributed by atoms with van der Waals surface area (Å²) >= 11 is 0. The maximum Gasteiger partial charge on any atom is 0.194 e. The number of benzene rings is 1. The molecule has 0 amide bonds. The van der Waals surface area contributed by atoms with Crippen molar-refractivity contribution in [1.82, 2.24) is 9.97 Å².